The Kier molecular flexibility index (Phi) is 6.99. The Bertz CT molecular complexity index is 3230. The number of para-hydroxylation sites is 3. The monoisotopic (exact) mass is 780 g/mol. The van der Waals surface area contributed by atoms with Gasteiger partial charge in [0.05, 0.1) is 22.5 Å². The van der Waals surface area contributed by atoms with Crippen LogP contribution in [0.3, 0.4) is 0 Å². The number of hydrogen-bond donors (Lipinski definition) is 0. The Hall–Kier alpha value is -7.62. The molecule has 0 N–H and O–H groups in total. The summed E-state index contributed by atoms with van der Waals surface area (Å²) in [7, 11) is 0. The highest BCUT2D eigenvalue weighted by molar-refractivity contribution is 6.00. The van der Waals surface area contributed by atoms with Gasteiger partial charge in [-0.3, -0.25) is 0 Å². The predicted octanol–water partition coefficient (Wildman–Crippen LogP) is 15.4. The van der Waals surface area contributed by atoms with E-state index in [4.69, 9.17) is 4.74 Å². The fourth-order valence-electron chi connectivity index (χ4n) is 11.2. The molecule has 61 heavy (non-hydrogen) atoms. The Morgan fingerprint density at radius 2 is 0.902 bits per heavy atom. The normalized spacial score (nSPS) is 14.8. The second-order valence-electron chi connectivity index (χ2n) is 17.2. The van der Waals surface area contributed by atoms with Crippen molar-refractivity contribution in [3.63, 3.8) is 0 Å². The van der Waals surface area contributed by atoms with Crippen LogP contribution in [0.5, 0.6) is 11.5 Å². The fraction of sp³-hybridized carbons (Fsp3) is 0.0690. The average molecular weight is 781 g/mol. The zero-order valence-corrected chi connectivity index (χ0v) is 33.9. The Morgan fingerprint density at radius 3 is 1.64 bits per heavy atom. The molecule has 4 aliphatic rings. The predicted molar refractivity (Wildman–Crippen MR) is 250 cm³/mol. The first-order valence-corrected chi connectivity index (χ1v) is 21.3. The van der Waals surface area contributed by atoms with Gasteiger partial charge in [-0.15, -0.1) is 0 Å². The van der Waals surface area contributed by atoms with E-state index in [1.807, 2.05) is 0 Å². The molecule has 0 radical (unpaired) electrons. The van der Waals surface area contributed by atoms with Crippen molar-refractivity contribution in [2.24, 2.45) is 0 Å². The molecule has 0 atom stereocenters. The van der Waals surface area contributed by atoms with E-state index in [1.165, 1.54) is 66.8 Å². The molecule has 0 amide bonds. The molecule has 0 bridgehead atoms. The Balaban J connectivity index is 1.09. The smallest absolute Gasteiger partial charge is 0.151 e. The highest BCUT2D eigenvalue weighted by atomic mass is 16.5. The van der Waals surface area contributed by atoms with Crippen LogP contribution in [-0.2, 0) is 10.8 Å². The highest BCUT2D eigenvalue weighted by Crippen LogP contribution is 2.67. The summed E-state index contributed by atoms with van der Waals surface area (Å²) in [5.74, 6) is 1.72. The lowest BCUT2D eigenvalue weighted by atomic mass is 9.64. The van der Waals surface area contributed by atoms with Crippen LogP contribution in [0, 0.1) is 0 Å². The van der Waals surface area contributed by atoms with Gasteiger partial charge in [-0.25, -0.2) is 0 Å². The lowest BCUT2D eigenvalue weighted by molar-refractivity contribution is 0.473. The van der Waals surface area contributed by atoms with E-state index in [-0.39, 0.29) is 5.41 Å². The molecule has 2 heterocycles. The first-order valence-electron chi connectivity index (χ1n) is 21.3. The molecule has 0 unspecified atom stereocenters. The van der Waals surface area contributed by atoms with Crippen LogP contribution in [0.1, 0.15) is 47.2 Å². The van der Waals surface area contributed by atoms with Gasteiger partial charge in [-0.2, -0.15) is 0 Å². The standard InChI is InChI=1S/C58H40N2O/c1-57(2)46-20-9-6-17-42(46)45-33-31-40(35-50(45)57)59(39-29-27-38(28-30-39)37-15-4-3-5-16-37)41-32-34-52-51(36-41)58(47-21-10-7-18-43(47)44-19-8-11-22-48(44)58)49-23-14-26-55-56(49)60(52)53-24-12-13-25-54(53)61-55/h3-36H,1-2H3. The summed E-state index contributed by atoms with van der Waals surface area (Å²) < 4.78 is 6.76. The van der Waals surface area contributed by atoms with Crippen LogP contribution in [-0.4, -0.2) is 0 Å². The zero-order valence-electron chi connectivity index (χ0n) is 33.9. The van der Waals surface area contributed by atoms with Crippen LogP contribution in [0.15, 0.2) is 206 Å². The SMILES string of the molecule is CC1(C)c2ccccc2-c2ccc(N(c3ccc(-c4ccccc4)cc3)c3ccc4c(c3)C3(c5ccccc5-c5ccccc53)c3cccc5c3N4c3ccccc3O5)cc21. The van der Waals surface area contributed by atoms with Gasteiger partial charge < -0.3 is 14.5 Å². The molecule has 0 saturated carbocycles. The van der Waals surface area contributed by atoms with Gasteiger partial charge in [0.15, 0.2) is 11.5 Å². The zero-order chi connectivity index (χ0) is 40.5. The number of nitrogens with zero attached hydrogens (tertiary/aromatic N) is 2. The van der Waals surface area contributed by atoms with Crippen molar-refractivity contribution in [1.82, 2.24) is 0 Å². The fourth-order valence-corrected chi connectivity index (χ4v) is 11.2. The van der Waals surface area contributed by atoms with Gasteiger partial charge >= 0.3 is 0 Å². The molecule has 0 fully saturated rings. The lowest BCUT2D eigenvalue weighted by Crippen LogP contribution is -2.37. The van der Waals surface area contributed by atoms with Crippen molar-refractivity contribution >= 4 is 34.1 Å². The summed E-state index contributed by atoms with van der Waals surface area (Å²) in [6.07, 6.45) is 0. The number of anilines is 6. The summed E-state index contributed by atoms with van der Waals surface area (Å²) in [6.45, 7) is 4.73. The maximum absolute atomic E-state index is 6.76. The molecule has 9 aromatic rings. The van der Waals surface area contributed by atoms with Gasteiger partial charge in [0.25, 0.3) is 0 Å². The maximum atomic E-state index is 6.76. The van der Waals surface area contributed by atoms with Crippen LogP contribution >= 0.6 is 0 Å². The van der Waals surface area contributed by atoms with E-state index >= 15 is 0 Å². The van der Waals surface area contributed by atoms with Gasteiger partial charge in [0.1, 0.15) is 0 Å². The molecule has 0 aromatic heterocycles. The van der Waals surface area contributed by atoms with Crippen LogP contribution in [0.2, 0.25) is 0 Å². The van der Waals surface area contributed by atoms with E-state index < -0.39 is 5.41 Å². The van der Waals surface area contributed by atoms with Crippen molar-refractivity contribution in [1.29, 1.82) is 0 Å². The third-order valence-electron chi connectivity index (χ3n) is 13.8. The number of rotatable bonds is 4. The minimum atomic E-state index is -0.611. The second-order valence-corrected chi connectivity index (χ2v) is 17.2. The van der Waals surface area contributed by atoms with Crippen molar-refractivity contribution in [2.45, 2.75) is 24.7 Å². The third-order valence-corrected chi connectivity index (χ3v) is 13.8. The molecule has 1 spiro atoms. The summed E-state index contributed by atoms with van der Waals surface area (Å²) in [6, 6.07) is 76.0. The van der Waals surface area contributed by atoms with E-state index in [0.29, 0.717) is 0 Å². The van der Waals surface area contributed by atoms with Crippen molar-refractivity contribution in [2.75, 3.05) is 9.80 Å². The first-order chi connectivity index (χ1) is 30.0. The summed E-state index contributed by atoms with van der Waals surface area (Å²) in [5.41, 5.74) is 21.2. The van der Waals surface area contributed by atoms with Crippen molar-refractivity contribution < 1.29 is 4.74 Å². The molecule has 9 aromatic carbocycles. The molecule has 13 rings (SSSR count). The van der Waals surface area contributed by atoms with Gasteiger partial charge in [0, 0.05) is 22.5 Å². The first kappa shape index (κ1) is 34.3. The van der Waals surface area contributed by atoms with Gasteiger partial charge in [0.2, 0.25) is 0 Å². The molecule has 2 aliphatic carbocycles. The summed E-state index contributed by atoms with van der Waals surface area (Å²) >= 11 is 0. The van der Waals surface area contributed by atoms with Gasteiger partial charge in [-0.1, -0.05) is 159 Å². The van der Waals surface area contributed by atoms with Crippen LogP contribution in [0.25, 0.3) is 33.4 Å². The van der Waals surface area contributed by atoms with E-state index in [2.05, 4.69) is 230 Å². The summed E-state index contributed by atoms with van der Waals surface area (Å²) in [5, 5.41) is 0. The van der Waals surface area contributed by atoms with Crippen LogP contribution < -0.4 is 14.5 Å². The summed E-state index contributed by atoms with van der Waals surface area (Å²) in [4.78, 5) is 4.92. The number of hydrogen-bond acceptors (Lipinski definition) is 3. The second kappa shape index (κ2) is 12.5. The third kappa shape index (κ3) is 4.58. The van der Waals surface area contributed by atoms with E-state index in [1.54, 1.807) is 0 Å². The minimum Gasteiger partial charge on any atom is -0.453 e. The lowest BCUT2D eigenvalue weighted by Gasteiger charge is -2.47. The van der Waals surface area contributed by atoms with Crippen molar-refractivity contribution in [3.05, 3.63) is 240 Å². The molecule has 288 valence electrons. The number of fused-ring (bicyclic) bond motifs is 14. The van der Waals surface area contributed by atoms with Crippen molar-refractivity contribution in [3.8, 4) is 44.9 Å². The van der Waals surface area contributed by atoms with Gasteiger partial charge in [-0.05, 0) is 127 Å². The maximum Gasteiger partial charge on any atom is 0.151 e. The highest BCUT2D eigenvalue weighted by Gasteiger charge is 2.53. The Labute approximate surface area is 356 Å². The minimum absolute atomic E-state index is 0.146. The quantitative estimate of drug-likeness (QED) is 0.177. The molecule has 3 nitrogen and oxygen atoms in total. The van der Waals surface area contributed by atoms with E-state index in [9.17, 15) is 0 Å². The number of ether oxygens (including phenoxy) is 1. The largest absolute Gasteiger partial charge is 0.453 e. The average Bonchev–Trinajstić information content (AvgIpc) is 3.73. The van der Waals surface area contributed by atoms with Crippen LogP contribution in [0.4, 0.5) is 34.1 Å². The topological polar surface area (TPSA) is 15.7 Å². The molecule has 0 saturated heterocycles. The Morgan fingerprint density at radius 1 is 0.377 bits per heavy atom. The van der Waals surface area contributed by atoms with E-state index in [0.717, 1.165) is 45.6 Å². The molecule has 3 heteroatoms. The molecular formula is C58H40N2O. The molecular weight excluding hydrogens is 741 g/mol. The molecule has 2 aliphatic heterocycles. The number of benzene rings is 9.